The molecular formula is C17H18N6O. The molecule has 1 aromatic carbocycles. The lowest BCUT2D eigenvalue weighted by Crippen LogP contribution is -2.26. The van der Waals surface area contributed by atoms with Crippen molar-refractivity contribution in [3.63, 3.8) is 0 Å². The summed E-state index contributed by atoms with van der Waals surface area (Å²) in [6.45, 7) is 4.35. The highest BCUT2D eigenvalue weighted by Crippen LogP contribution is 2.19. The minimum Gasteiger partial charge on any atom is -0.291 e. The van der Waals surface area contributed by atoms with Gasteiger partial charge in [-0.25, -0.2) is 4.98 Å². The molecule has 0 aliphatic heterocycles. The van der Waals surface area contributed by atoms with Crippen molar-refractivity contribution in [3.05, 3.63) is 63.1 Å². The molecule has 7 heteroatoms. The van der Waals surface area contributed by atoms with Crippen LogP contribution in [0.5, 0.6) is 0 Å². The molecule has 0 atom stereocenters. The van der Waals surface area contributed by atoms with Gasteiger partial charge in [0.25, 0.3) is 5.56 Å². The third-order valence-electron chi connectivity index (χ3n) is 4.56. The fourth-order valence-corrected chi connectivity index (χ4v) is 3.35. The van der Waals surface area contributed by atoms with Gasteiger partial charge in [0.15, 0.2) is 5.82 Å². The number of tetrazole rings is 1. The zero-order valence-electron chi connectivity index (χ0n) is 13.7. The van der Waals surface area contributed by atoms with E-state index in [1.54, 1.807) is 15.6 Å². The average molecular weight is 322 g/mol. The maximum absolute atomic E-state index is 12.6. The highest BCUT2D eigenvalue weighted by atomic mass is 16.1. The molecule has 0 radical (unpaired) electrons. The van der Waals surface area contributed by atoms with Crippen LogP contribution in [0.3, 0.4) is 0 Å². The Morgan fingerprint density at radius 2 is 1.96 bits per heavy atom. The Balaban J connectivity index is 1.76. The highest BCUT2D eigenvalue weighted by molar-refractivity contribution is 5.46. The first-order valence-corrected chi connectivity index (χ1v) is 8.06. The zero-order chi connectivity index (χ0) is 16.7. The fourth-order valence-electron chi connectivity index (χ4n) is 3.35. The smallest absolute Gasteiger partial charge is 0.257 e. The molecule has 0 N–H and O–H groups in total. The molecule has 2 heterocycles. The largest absolute Gasteiger partial charge is 0.291 e. The van der Waals surface area contributed by atoms with Crippen molar-refractivity contribution in [2.75, 3.05) is 0 Å². The maximum Gasteiger partial charge on any atom is 0.257 e. The maximum atomic E-state index is 12.6. The number of fused-ring (bicyclic) bond motifs is 1. The Morgan fingerprint density at radius 3 is 2.75 bits per heavy atom. The van der Waals surface area contributed by atoms with E-state index in [4.69, 9.17) is 0 Å². The standard InChI is InChI=1S/C17H18N6O/c1-11-5-3-6-12(2)16(11)23-15(19-20-21-23)9-22-10-18-14-8-4-7-13(14)17(22)24/h3,5-6,10H,4,7-9H2,1-2H3. The summed E-state index contributed by atoms with van der Waals surface area (Å²) in [4.78, 5) is 17.0. The minimum atomic E-state index is 0.0218. The van der Waals surface area contributed by atoms with E-state index < -0.39 is 0 Å². The second-order valence-electron chi connectivity index (χ2n) is 6.20. The van der Waals surface area contributed by atoms with Crippen LogP contribution in [-0.4, -0.2) is 29.8 Å². The van der Waals surface area contributed by atoms with Crippen LogP contribution in [-0.2, 0) is 19.4 Å². The first kappa shape index (κ1) is 14.7. The lowest BCUT2D eigenvalue weighted by atomic mass is 10.1. The van der Waals surface area contributed by atoms with Crippen molar-refractivity contribution >= 4 is 0 Å². The predicted octanol–water partition coefficient (Wildman–Crippen LogP) is 1.37. The van der Waals surface area contributed by atoms with E-state index in [0.29, 0.717) is 12.4 Å². The lowest BCUT2D eigenvalue weighted by molar-refractivity contribution is 0.659. The van der Waals surface area contributed by atoms with Gasteiger partial charge in [-0.2, -0.15) is 4.68 Å². The van der Waals surface area contributed by atoms with Crippen molar-refractivity contribution in [2.45, 2.75) is 39.7 Å². The van der Waals surface area contributed by atoms with Gasteiger partial charge in [-0.1, -0.05) is 18.2 Å². The van der Waals surface area contributed by atoms with Gasteiger partial charge in [-0.15, -0.1) is 5.10 Å². The number of hydrogen-bond donors (Lipinski definition) is 0. The van der Waals surface area contributed by atoms with E-state index in [2.05, 4.69) is 20.5 Å². The van der Waals surface area contributed by atoms with Crippen LogP contribution in [0.4, 0.5) is 0 Å². The Morgan fingerprint density at radius 1 is 1.17 bits per heavy atom. The number of benzene rings is 1. The van der Waals surface area contributed by atoms with Crippen molar-refractivity contribution in [1.82, 2.24) is 29.8 Å². The van der Waals surface area contributed by atoms with Crippen molar-refractivity contribution in [3.8, 4) is 5.69 Å². The van der Waals surface area contributed by atoms with Gasteiger partial charge in [0.1, 0.15) is 0 Å². The number of para-hydroxylation sites is 1. The average Bonchev–Trinajstić information content (AvgIpc) is 3.20. The van der Waals surface area contributed by atoms with Crippen molar-refractivity contribution < 1.29 is 0 Å². The molecule has 7 nitrogen and oxygen atoms in total. The second kappa shape index (κ2) is 5.67. The van der Waals surface area contributed by atoms with Crippen LogP contribution in [0.25, 0.3) is 5.69 Å². The van der Waals surface area contributed by atoms with Gasteiger partial charge in [-0.3, -0.25) is 9.36 Å². The molecule has 2 aromatic heterocycles. The number of nitrogens with zero attached hydrogens (tertiary/aromatic N) is 6. The molecular weight excluding hydrogens is 304 g/mol. The summed E-state index contributed by atoms with van der Waals surface area (Å²) in [5.74, 6) is 0.620. The molecule has 0 saturated heterocycles. The lowest BCUT2D eigenvalue weighted by Gasteiger charge is -2.12. The Hall–Kier alpha value is -2.83. The SMILES string of the molecule is Cc1cccc(C)c1-n1nnnc1Cn1cnc2c(c1=O)CCC2. The van der Waals surface area contributed by atoms with E-state index in [9.17, 15) is 4.79 Å². The summed E-state index contributed by atoms with van der Waals surface area (Å²) < 4.78 is 3.31. The number of rotatable bonds is 3. The van der Waals surface area contributed by atoms with Crippen LogP contribution in [0, 0.1) is 13.8 Å². The third-order valence-corrected chi connectivity index (χ3v) is 4.56. The molecule has 4 rings (SSSR count). The zero-order valence-corrected chi connectivity index (χ0v) is 13.7. The number of aromatic nitrogens is 6. The molecule has 0 bridgehead atoms. The number of aryl methyl sites for hydroxylation is 3. The third kappa shape index (κ3) is 2.33. The molecule has 0 spiro atoms. The first-order valence-electron chi connectivity index (χ1n) is 8.06. The molecule has 0 saturated carbocycles. The Bertz CT molecular complexity index is 951. The van der Waals surface area contributed by atoms with Gasteiger partial charge >= 0.3 is 0 Å². The summed E-state index contributed by atoms with van der Waals surface area (Å²) in [5.41, 5.74) is 4.92. The van der Waals surface area contributed by atoms with E-state index in [0.717, 1.165) is 47.3 Å². The molecule has 122 valence electrons. The minimum absolute atomic E-state index is 0.0218. The monoisotopic (exact) mass is 322 g/mol. The summed E-state index contributed by atoms with van der Waals surface area (Å²) in [6, 6.07) is 6.06. The Kier molecular flexibility index (Phi) is 3.48. The van der Waals surface area contributed by atoms with Crippen LogP contribution >= 0.6 is 0 Å². The van der Waals surface area contributed by atoms with Crippen LogP contribution < -0.4 is 5.56 Å². The van der Waals surface area contributed by atoms with E-state index in [1.165, 1.54) is 0 Å². The fraction of sp³-hybridized carbons (Fsp3) is 0.353. The van der Waals surface area contributed by atoms with Gasteiger partial charge in [0, 0.05) is 5.56 Å². The van der Waals surface area contributed by atoms with Gasteiger partial charge < -0.3 is 0 Å². The highest BCUT2D eigenvalue weighted by Gasteiger charge is 2.19. The molecule has 0 amide bonds. The predicted molar refractivity (Wildman–Crippen MR) is 88.3 cm³/mol. The van der Waals surface area contributed by atoms with E-state index >= 15 is 0 Å². The molecule has 0 fully saturated rings. The summed E-state index contributed by atoms with van der Waals surface area (Å²) in [5, 5.41) is 12.1. The second-order valence-corrected chi connectivity index (χ2v) is 6.20. The quantitative estimate of drug-likeness (QED) is 0.728. The molecule has 1 aliphatic rings. The topological polar surface area (TPSA) is 78.5 Å². The normalized spacial score (nSPS) is 13.2. The van der Waals surface area contributed by atoms with E-state index in [1.807, 2.05) is 32.0 Å². The van der Waals surface area contributed by atoms with Crippen LogP contribution in [0.2, 0.25) is 0 Å². The van der Waals surface area contributed by atoms with Crippen molar-refractivity contribution in [2.24, 2.45) is 0 Å². The first-order chi connectivity index (χ1) is 11.6. The van der Waals surface area contributed by atoms with E-state index in [-0.39, 0.29) is 5.56 Å². The van der Waals surface area contributed by atoms with Gasteiger partial charge in [0.05, 0.1) is 24.3 Å². The van der Waals surface area contributed by atoms with Crippen LogP contribution in [0.15, 0.2) is 29.3 Å². The summed E-state index contributed by atoms with van der Waals surface area (Å²) in [7, 11) is 0. The van der Waals surface area contributed by atoms with Crippen LogP contribution in [0.1, 0.15) is 34.6 Å². The molecule has 1 aliphatic carbocycles. The summed E-state index contributed by atoms with van der Waals surface area (Å²) in [6.07, 6.45) is 4.31. The number of hydrogen-bond acceptors (Lipinski definition) is 5. The molecule has 0 unspecified atom stereocenters. The summed E-state index contributed by atoms with van der Waals surface area (Å²) >= 11 is 0. The van der Waals surface area contributed by atoms with Gasteiger partial charge in [-0.05, 0) is 54.7 Å². The van der Waals surface area contributed by atoms with Gasteiger partial charge in [0.2, 0.25) is 0 Å². The molecule has 24 heavy (non-hydrogen) atoms. The molecule has 3 aromatic rings. The van der Waals surface area contributed by atoms with Crippen molar-refractivity contribution in [1.29, 1.82) is 0 Å². The Labute approximate surface area is 139 Å².